The average molecular weight is 216 g/mol. The smallest absolute Gasteiger partial charge is 0.307 e. The van der Waals surface area contributed by atoms with Crippen LogP contribution < -0.4 is 0 Å². The second-order valence-corrected chi connectivity index (χ2v) is 6.09. The van der Waals surface area contributed by atoms with Crippen LogP contribution in [-0.2, 0) is 4.79 Å². The minimum atomic E-state index is -0.636. The standard InChI is InChI=1S/C9H12O2S2/c10-8(11)6-2-1-3-7(6)9-12-4-5-13-9/h1,3,6-7,9H,2,4-5H2,(H,10,11)/t6-,7-/m0/s1. The van der Waals surface area contributed by atoms with E-state index in [1.54, 1.807) is 0 Å². The zero-order valence-electron chi connectivity index (χ0n) is 7.18. The molecule has 4 heteroatoms. The summed E-state index contributed by atoms with van der Waals surface area (Å²) in [5, 5.41) is 8.99. The van der Waals surface area contributed by atoms with E-state index in [0.29, 0.717) is 4.58 Å². The van der Waals surface area contributed by atoms with Crippen molar-refractivity contribution in [1.29, 1.82) is 0 Å². The van der Waals surface area contributed by atoms with Gasteiger partial charge in [0.05, 0.1) is 10.5 Å². The van der Waals surface area contributed by atoms with Crippen LogP contribution in [0.2, 0.25) is 0 Å². The number of hydrogen-bond donors (Lipinski definition) is 1. The van der Waals surface area contributed by atoms with E-state index in [-0.39, 0.29) is 11.8 Å². The summed E-state index contributed by atoms with van der Waals surface area (Å²) < 4.78 is 0.486. The summed E-state index contributed by atoms with van der Waals surface area (Å²) in [6.07, 6.45) is 4.83. The van der Waals surface area contributed by atoms with E-state index in [9.17, 15) is 4.79 Å². The quantitative estimate of drug-likeness (QED) is 0.717. The SMILES string of the molecule is O=C(O)[C@H]1CC=C[C@@H]1C1SCCS1. The van der Waals surface area contributed by atoms with Crippen molar-refractivity contribution in [2.45, 2.75) is 11.0 Å². The van der Waals surface area contributed by atoms with Crippen molar-refractivity contribution in [2.75, 3.05) is 11.5 Å². The Morgan fingerprint density at radius 2 is 2.08 bits per heavy atom. The lowest BCUT2D eigenvalue weighted by molar-refractivity contribution is -0.142. The fourth-order valence-electron chi connectivity index (χ4n) is 1.82. The lowest BCUT2D eigenvalue weighted by atomic mass is 9.97. The van der Waals surface area contributed by atoms with Gasteiger partial charge >= 0.3 is 5.97 Å². The monoisotopic (exact) mass is 216 g/mol. The molecule has 1 heterocycles. The molecule has 1 saturated heterocycles. The van der Waals surface area contributed by atoms with Gasteiger partial charge < -0.3 is 5.11 Å². The van der Waals surface area contributed by atoms with Gasteiger partial charge in [-0.15, -0.1) is 23.5 Å². The molecule has 0 radical (unpaired) electrons. The minimum absolute atomic E-state index is 0.164. The Balaban J connectivity index is 2.03. The molecule has 0 aromatic heterocycles. The number of aliphatic carboxylic acids is 1. The molecule has 13 heavy (non-hydrogen) atoms. The Hall–Kier alpha value is -0.0900. The minimum Gasteiger partial charge on any atom is -0.481 e. The van der Waals surface area contributed by atoms with Gasteiger partial charge in [0.2, 0.25) is 0 Å². The molecule has 1 N–H and O–H groups in total. The highest BCUT2D eigenvalue weighted by atomic mass is 32.2. The van der Waals surface area contributed by atoms with Crippen molar-refractivity contribution < 1.29 is 9.90 Å². The zero-order valence-corrected chi connectivity index (χ0v) is 8.81. The molecule has 1 aliphatic heterocycles. The molecule has 2 atom stereocenters. The van der Waals surface area contributed by atoms with Crippen LogP contribution in [0.5, 0.6) is 0 Å². The highest BCUT2D eigenvalue weighted by Gasteiger charge is 2.36. The van der Waals surface area contributed by atoms with Crippen LogP contribution in [0, 0.1) is 11.8 Å². The highest BCUT2D eigenvalue weighted by molar-refractivity contribution is 8.20. The molecule has 0 saturated carbocycles. The van der Waals surface area contributed by atoms with Gasteiger partial charge in [-0.05, 0) is 6.42 Å². The predicted octanol–water partition coefficient (Wildman–Crippen LogP) is 2.07. The summed E-state index contributed by atoms with van der Waals surface area (Å²) in [5.74, 6) is 1.80. The van der Waals surface area contributed by atoms with E-state index in [1.165, 1.54) is 11.5 Å². The fourth-order valence-corrected chi connectivity index (χ4v) is 5.02. The number of hydrogen-bond acceptors (Lipinski definition) is 3. The Morgan fingerprint density at radius 3 is 2.69 bits per heavy atom. The Labute approximate surface area is 86.2 Å². The first kappa shape index (κ1) is 9.46. The van der Waals surface area contributed by atoms with Crippen molar-refractivity contribution in [3.05, 3.63) is 12.2 Å². The first-order chi connectivity index (χ1) is 6.29. The normalized spacial score (nSPS) is 34.2. The number of allylic oxidation sites excluding steroid dienone is 2. The third-order valence-electron chi connectivity index (χ3n) is 2.49. The first-order valence-electron chi connectivity index (χ1n) is 4.41. The van der Waals surface area contributed by atoms with E-state index < -0.39 is 5.97 Å². The van der Waals surface area contributed by atoms with Crippen LogP contribution in [0.15, 0.2) is 12.2 Å². The van der Waals surface area contributed by atoms with E-state index in [1.807, 2.05) is 29.6 Å². The van der Waals surface area contributed by atoms with Gasteiger partial charge in [-0.1, -0.05) is 12.2 Å². The number of thioether (sulfide) groups is 2. The van der Waals surface area contributed by atoms with Crippen molar-refractivity contribution >= 4 is 29.5 Å². The van der Waals surface area contributed by atoms with Crippen LogP contribution in [0.3, 0.4) is 0 Å². The van der Waals surface area contributed by atoms with Crippen LogP contribution in [0.25, 0.3) is 0 Å². The molecule has 0 aromatic rings. The summed E-state index contributed by atoms with van der Waals surface area (Å²) in [4.78, 5) is 10.9. The predicted molar refractivity (Wildman–Crippen MR) is 57.1 cm³/mol. The Bertz CT molecular complexity index is 234. The van der Waals surface area contributed by atoms with Crippen molar-refractivity contribution in [1.82, 2.24) is 0 Å². The summed E-state index contributed by atoms with van der Waals surface area (Å²) in [5.41, 5.74) is 0. The summed E-state index contributed by atoms with van der Waals surface area (Å²) in [6.45, 7) is 0. The maximum Gasteiger partial charge on any atom is 0.307 e. The van der Waals surface area contributed by atoms with E-state index in [4.69, 9.17) is 5.11 Å². The van der Waals surface area contributed by atoms with Gasteiger partial charge in [-0.3, -0.25) is 4.79 Å². The van der Waals surface area contributed by atoms with Crippen LogP contribution in [0.4, 0.5) is 0 Å². The number of carbonyl (C=O) groups is 1. The molecule has 1 aliphatic carbocycles. The number of carboxylic acids is 1. The van der Waals surface area contributed by atoms with Crippen LogP contribution in [-0.4, -0.2) is 27.2 Å². The summed E-state index contributed by atoms with van der Waals surface area (Å²) in [7, 11) is 0. The third kappa shape index (κ3) is 1.89. The molecule has 0 amide bonds. The lowest BCUT2D eigenvalue weighted by Crippen LogP contribution is -2.24. The number of rotatable bonds is 2. The number of carboxylic acid groups (broad SMARTS) is 1. The third-order valence-corrected chi connectivity index (χ3v) is 5.73. The zero-order chi connectivity index (χ0) is 9.26. The van der Waals surface area contributed by atoms with Crippen molar-refractivity contribution in [3.8, 4) is 0 Å². The average Bonchev–Trinajstić information content (AvgIpc) is 2.74. The Morgan fingerprint density at radius 1 is 1.38 bits per heavy atom. The molecule has 2 nitrogen and oxygen atoms in total. The van der Waals surface area contributed by atoms with Gasteiger partial charge in [-0.2, -0.15) is 0 Å². The molecule has 0 aromatic carbocycles. The summed E-state index contributed by atoms with van der Waals surface area (Å²) >= 11 is 3.82. The Kier molecular flexibility index (Phi) is 2.89. The lowest BCUT2D eigenvalue weighted by Gasteiger charge is -2.20. The summed E-state index contributed by atoms with van der Waals surface area (Å²) in [6, 6.07) is 0. The first-order valence-corrected chi connectivity index (χ1v) is 6.51. The van der Waals surface area contributed by atoms with Crippen molar-refractivity contribution in [2.24, 2.45) is 11.8 Å². The van der Waals surface area contributed by atoms with E-state index >= 15 is 0 Å². The van der Waals surface area contributed by atoms with Gasteiger partial charge in [0.15, 0.2) is 0 Å². The second-order valence-electron chi connectivity index (χ2n) is 3.30. The van der Waals surface area contributed by atoms with Crippen molar-refractivity contribution in [3.63, 3.8) is 0 Å². The highest BCUT2D eigenvalue weighted by Crippen LogP contribution is 2.43. The maximum absolute atomic E-state index is 10.9. The van der Waals surface area contributed by atoms with Crippen LogP contribution in [0.1, 0.15) is 6.42 Å². The molecule has 0 bridgehead atoms. The molecule has 0 spiro atoms. The molecule has 2 aliphatic rings. The van der Waals surface area contributed by atoms with Gasteiger partial charge in [0.25, 0.3) is 0 Å². The van der Waals surface area contributed by atoms with Gasteiger partial charge in [-0.25, -0.2) is 0 Å². The van der Waals surface area contributed by atoms with E-state index in [0.717, 1.165) is 6.42 Å². The fraction of sp³-hybridized carbons (Fsp3) is 0.667. The molecule has 2 rings (SSSR count). The van der Waals surface area contributed by atoms with E-state index in [2.05, 4.69) is 6.08 Å². The molecule has 72 valence electrons. The molecular weight excluding hydrogens is 204 g/mol. The largest absolute Gasteiger partial charge is 0.481 e. The van der Waals surface area contributed by atoms with Gasteiger partial charge in [0, 0.05) is 17.4 Å². The topological polar surface area (TPSA) is 37.3 Å². The second kappa shape index (κ2) is 3.96. The molecule has 1 fully saturated rings. The van der Waals surface area contributed by atoms with Gasteiger partial charge in [0.1, 0.15) is 0 Å². The van der Waals surface area contributed by atoms with Crippen LogP contribution >= 0.6 is 23.5 Å². The molecular formula is C9H12O2S2. The maximum atomic E-state index is 10.9. The molecule has 0 unspecified atom stereocenters.